The molecular formula is C8H19N3O. The quantitative estimate of drug-likeness (QED) is 0.601. The minimum Gasteiger partial charge on any atom is -0.348 e. The zero-order chi connectivity index (χ0) is 9.56. The van der Waals surface area contributed by atoms with Crippen molar-refractivity contribution in [2.75, 3.05) is 40.8 Å². The summed E-state index contributed by atoms with van der Waals surface area (Å²) in [5.41, 5.74) is 5.35. The Labute approximate surface area is 74.3 Å². The number of nitrogens with zero attached hydrogens (tertiary/aromatic N) is 2. The van der Waals surface area contributed by atoms with E-state index in [-0.39, 0.29) is 5.91 Å². The second kappa shape index (κ2) is 5.97. The number of nitrogens with two attached hydrogens (primary N) is 1. The van der Waals surface area contributed by atoms with Gasteiger partial charge in [-0.2, -0.15) is 0 Å². The fraction of sp³-hybridized carbons (Fsp3) is 0.875. The van der Waals surface area contributed by atoms with Gasteiger partial charge in [0.05, 0.1) is 6.54 Å². The normalized spacial score (nSPS) is 10.4. The number of carbonyl (C=O) groups is 1. The molecular weight excluding hydrogens is 154 g/mol. The Balaban J connectivity index is 3.54. The number of amides is 1. The van der Waals surface area contributed by atoms with Crippen molar-refractivity contribution >= 4 is 5.91 Å². The molecule has 4 heteroatoms. The maximum absolute atomic E-state index is 11.2. The fourth-order valence-electron chi connectivity index (χ4n) is 0.813. The van der Waals surface area contributed by atoms with Crippen LogP contribution < -0.4 is 5.73 Å². The van der Waals surface area contributed by atoms with E-state index in [4.69, 9.17) is 5.73 Å². The molecule has 0 aromatic heterocycles. The van der Waals surface area contributed by atoms with Gasteiger partial charge in [-0.15, -0.1) is 0 Å². The molecule has 0 aliphatic rings. The lowest BCUT2D eigenvalue weighted by Crippen LogP contribution is -2.35. The molecule has 0 heterocycles. The Morgan fingerprint density at radius 2 is 1.92 bits per heavy atom. The highest BCUT2D eigenvalue weighted by Gasteiger charge is 2.06. The lowest BCUT2D eigenvalue weighted by Gasteiger charge is -2.18. The van der Waals surface area contributed by atoms with E-state index in [1.54, 1.807) is 19.0 Å². The maximum atomic E-state index is 11.2. The van der Waals surface area contributed by atoms with E-state index >= 15 is 0 Å². The molecule has 0 radical (unpaired) electrons. The number of rotatable bonds is 5. The summed E-state index contributed by atoms with van der Waals surface area (Å²) in [5, 5.41) is 0. The van der Waals surface area contributed by atoms with Crippen molar-refractivity contribution in [2.45, 2.75) is 6.42 Å². The van der Waals surface area contributed by atoms with Crippen LogP contribution in [-0.4, -0.2) is 56.5 Å². The predicted molar refractivity (Wildman–Crippen MR) is 49.9 cm³/mol. The van der Waals surface area contributed by atoms with Crippen LogP contribution >= 0.6 is 0 Å². The standard InChI is InChI=1S/C8H19N3O/c1-10(2)8(12)7-11(3)6-4-5-9/h4-7,9H2,1-3H3. The average Bonchev–Trinajstić information content (AvgIpc) is 2.00. The zero-order valence-corrected chi connectivity index (χ0v) is 8.21. The molecule has 0 unspecified atom stereocenters. The Kier molecular flexibility index (Phi) is 5.66. The van der Waals surface area contributed by atoms with E-state index in [1.165, 1.54) is 0 Å². The van der Waals surface area contributed by atoms with Gasteiger partial charge in [0.15, 0.2) is 0 Å². The summed E-state index contributed by atoms with van der Waals surface area (Å²) in [7, 11) is 5.45. The molecule has 0 aliphatic heterocycles. The summed E-state index contributed by atoms with van der Waals surface area (Å²) in [5.74, 6) is 0.134. The van der Waals surface area contributed by atoms with Crippen LogP contribution in [0, 0.1) is 0 Å². The second-order valence-corrected chi connectivity index (χ2v) is 3.17. The van der Waals surface area contributed by atoms with Crippen molar-refractivity contribution in [1.82, 2.24) is 9.80 Å². The van der Waals surface area contributed by atoms with Crippen LogP contribution in [0.4, 0.5) is 0 Å². The van der Waals surface area contributed by atoms with Gasteiger partial charge >= 0.3 is 0 Å². The van der Waals surface area contributed by atoms with Gasteiger partial charge in [0, 0.05) is 14.1 Å². The molecule has 0 rings (SSSR count). The molecule has 72 valence electrons. The molecule has 1 amide bonds. The first-order valence-corrected chi connectivity index (χ1v) is 4.16. The van der Waals surface area contributed by atoms with Gasteiger partial charge in [0.25, 0.3) is 0 Å². The van der Waals surface area contributed by atoms with Crippen LogP contribution in [0.15, 0.2) is 0 Å². The fourth-order valence-corrected chi connectivity index (χ4v) is 0.813. The van der Waals surface area contributed by atoms with Crippen LogP contribution in [0.3, 0.4) is 0 Å². The van der Waals surface area contributed by atoms with E-state index in [2.05, 4.69) is 0 Å². The Bertz CT molecular complexity index is 136. The minimum absolute atomic E-state index is 0.134. The Morgan fingerprint density at radius 3 is 2.33 bits per heavy atom. The monoisotopic (exact) mass is 173 g/mol. The summed E-state index contributed by atoms with van der Waals surface area (Å²) in [6.07, 6.45) is 0.942. The first-order valence-electron chi connectivity index (χ1n) is 4.16. The highest BCUT2D eigenvalue weighted by Crippen LogP contribution is 1.88. The largest absolute Gasteiger partial charge is 0.348 e. The number of carbonyl (C=O) groups excluding carboxylic acids is 1. The van der Waals surface area contributed by atoms with E-state index in [0.29, 0.717) is 13.1 Å². The molecule has 0 atom stereocenters. The summed E-state index contributed by atoms with van der Waals surface area (Å²) >= 11 is 0. The van der Waals surface area contributed by atoms with Crippen LogP contribution in [0.1, 0.15) is 6.42 Å². The lowest BCUT2D eigenvalue weighted by atomic mass is 10.4. The van der Waals surface area contributed by atoms with Gasteiger partial charge in [0.1, 0.15) is 0 Å². The van der Waals surface area contributed by atoms with Crippen molar-refractivity contribution in [2.24, 2.45) is 5.73 Å². The Morgan fingerprint density at radius 1 is 1.33 bits per heavy atom. The summed E-state index contributed by atoms with van der Waals surface area (Å²) in [6.45, 7) is 2.05. The summed E-state index contributed by atoms with van der Waals surface area (Å²) in [6, 6.07) is 0. The molecule has 0 aromatic rings. The average molecular weight is 173 g/mol. The predicted octanol–water partition coefficient (Wildman–Crippen LogP) is -0.645. The third-order valence-corrected chi connectivity index (χ3v) is 1.65. The minimum atomic E-state index is 0.134. The van der Waals surface area contributed by atoms with Gasteiger partial charge in [0.2, 0.25) is 5.91 Å². The van der Waals surface area contributed by atoms with Crippen molar-refractivity contribution in [3.63, 3.8) is 0 Å². The third kappa shape index (κ3) is 5.09. The molecule has 0 aromatic carbocycles. The van der Waals surface area contributed by atoms with Gasteiger partial charge in [-0.1, -0.05) is 0 Å². The summed E-state index contributed by atoms with van der Waals surface area (Å²) < 4.78 is 0. The lowest BCUT2D eigenvalue weighted by molar-refractivity contribution is -0.129. The molecule has 2 N–H and O–H groups in total. The molecule has 0 spiro atoms. The summed E-state index contributed by atoms with van der Waals surface area (Å²) in [4.78, 5) is 14.7. The van der Waals surface area contributed by atoms with E-state index in [0.717, 1.165) is 13.0 Å². The number of likely N-dealkylation sites (N-methyl/N-ethyl adjacent to an activating group) is 2. The number of hydrogen-bond acceptors (Lipinski definition) is 3. The molecule has 0 saturated heterocycles. The smallest absolute Gasteiger partial charge is 0.236 e. The van der Waals surface area contributed by atoms with Crippen molar-refractivity contribution in [3.8, 4) is 0 Å². The SMILES string of the molecule is CN(CCCN)CC(=O)N(C)C. The van der Waals surface area contributed by atoms with Crippen LogP contribution in [-0.2, 0) is 4.79 Å². The van der Waals surface area contributed by atoms with Crippen molar-refractivity contribution in [3.05, 3.63) is 0 Å². The first kappa shape index (κ1) is 11.4. The van der Waals surface area contributed by atoms with E-state index < -0.39 is 0 Å². The van der Waals surface area contributed by atoms with Crippen LogP contribution in [0.5, 0.6) is 0 Å². The Hall–Kier alpha value is -0.610. The number of hydrogen-bond donors (Lipinski definition) is 1. The first-order chi connectivity index (χ1) is 5.57. The molecule has 12 heavy (non-hydrogen) atoms. The van der Waals surface area contributed by atoms with E-state index in [9.17, 15) is 4.79 Å². The zero-order valence-electron chi connectivity index (χ0n) is 8.21. The van der Waals surface area contributed by atoms with Crippen LogP contribution in [0.2, 0.25) is 0 Å². The second-order valence-electron chi connectivity index (χ2n) is 3.17. The van der Waals surface area contributed by atoms with Crippen molar-refractivity contribution < 1.29 is 4.79 Å². The highest BCUT2D eigenvalue weighted by molar-refractivity contribution is 5.77. The van der Waals surface area contributed by atoms with Crippen molar-refractivity contribution in [1.29, 1.82) is 0 Å². The molecule has 0 saturated carbocycles. The molecule has 0 aliphatic carbocycles. The van der Waals surface area contributed by atoms with E-state index in [1.807, 2.05) is 11.9 Å². The third-order valence-electron chi connectivity index (χ3n) is 1.65. The van der Waals surface area contributed by atoms with Gasteiger partial charge in [-0.3, -0.25) is 9.69 Å². The molecule has 0 bridgehead atoms. The molecule has 0 fully saturated rings. The topological polar surface area (TPSA) is 49.6 Å². The highest BCUT2D eigenvalue weighted by atomic mass is 16.2. The molecule has 4 nitrogen and oxygen atoms in total. The van der Waals surface area contributed by atoms with Gasteiger partial charge in [-0.25, -0.2) is 0 Å². The maximum Gasteiger partial charge on any atom is 0.236 e. The van der Waals surface area contributed by atoms with Crippen LogP contribution in [0.25, 0.3) is 0 Å². The van der Waals surface area contributed by atoms with Gasteiger partial charge in [-0.05, 0) is 26.6 Å². The van der Waals surface area contributed by atoms with Gasteiger partial charge < -0.3 is 10.6 Å².